The van der Waals surface area contributed by atoms with E-state index in [2.05, 4.69) is 4.98 Å². The van der Waals surface area contributed by atoms with Gasteiger partial charge in [-0.15, -0.1) is 0 Å². The topological polar surface area (TPSA) is 56.9 Å². The Hall–Kier alpha value is -1.56. The van der Waals surface area contributed by atoms with Crippen molar-refractivity contribution >= 4 is 0 Å². The van der Waals surface area contributed by atoms with E-state index in [0.717, 1.165) is 6.42 Å². The molecule has 0 fully saturated rings. The molecule has 0 aromatic carbocycles. The first-order valence-corrected chi connectivity index (χ1v) is 3.87. The average Bonchev–Trinajstić information content (AvgIpc) is 2.09. The molecule has 0 atom stereocenters. The normalized spacial score (nSPS) is 9.33. The van der Waals surface area contributed by atoms with Crippen molar-refractivity contribution in [3.05, 3.63) is 23.5 Å². The van der Waals surface area contributed by atoms with Crippen molar-refractivity contribution in [2.75, 3.05) is 0 Å². The van der Waals surface area contributed by atoms with Crippen molar-refractivity contribution in [2.45, 2.75) is 19.8 Å². The van der Waals surface area contributed by atoms with Gasteiger partial charge in [-0.3, -0.25) is 0 Å². The summed E-state index contributed by atoms with van der Waals surface area (Å²) in [5.74, 6) is 0.177. The third-order valence-corrected chi connectivity index (χ3v) is 1.55. The lowest BCUT2D eigenvalue weighted by Gasteiger charge is -2.00. The third kappa shape index (κ3) is 1.73. The highest BCUT2D eigenvalue weighted by Gasteiger charge is 2.02. The van der Waals surface area contributed by atoms with Crippen LogP contribution in [0.15, 0.2) is 12.1 Å². The van der Waals surface area contributed by atoms with Crippen LogP contribution in [0, 0.1) is 11.3 Å². The van der Waals surface area contributed by atoms with Gasteiger partial charge in [0.25, 0.3) is 0 Å². The molecule has 0 saturated heterocycles. The van der Waals surface area contributed by atoms with Crippen LogP contribution >= 0.6 is 0 Å². The molecule has 0 saturated carbocycles. The Balaban J connectivity index is 3.01. The summed E-state index contributed by atoms with van der Waals surface area (Å²) in [6, 6.07) is 4.95. The Labute approximate surface area is 71.3 Å². The number of rotatable bonds is 2. The van der Waals surface area contributed by atoms with Crippen LogP contribution in [0.3, 0.4) is 0 Å². The van der Waals surface area contributed by atoms with Gasteiger partial charge < -0.3 is 5.11 Å². The molecule has 0 aliphatic carbocycles. The Morgan fingerprint density at radius 2 is 2.33 bits per heavy atom. The molecular formula is C9H10N2O. The molecule has 1 aromatic heterocycles. The number of aromatic hydroxyl groups is 1. The zero-order valence-corrected chi connectivity index (χ0v) is 6.91. The maximum Gasteiger partial charge on any atom is 0.141 e. The number of aromatic nitrogens is 1. The molecule has 1 heterocycles. The minimum atomic E-state index is 0.177. The third-order valence-electron chi connectivity index (χ3n) is 1.55. The highest BCUT2D eigenvalue weighted by molar-refractivity contribution is 5.32. The zero-order valence-electron chi connectivity index (χ0n) is 6.91. The fourth-order valence-corrected chi connectivity index (χ4v) is 0.977. The molecule has 12 heavy (non-hydrogen) atoms. The highest BCUT2D eigenvalue weighted by Crippen LogP contribution is 2.15. The van der Waals surface area contributed by atoms with Crippen molar-refractivity contribution in [3.63, 3.8) is 0 Å². The second-order valence-electron chi connectivity index (χ2n) is 2.52. The van der Waals surface area contributed by atoms with E-state index in [-0.39, 0.29) is 5.75 Å². The maximum absolute atomic E-state index is 9.29. The molecule has 1 aromatic rings. The molecule has 0 aliphatic heterocycles. The van der Waals surface area contributed by atoms with Gasteiger partial charge in [-0.2, -0.15) is 5.26 Å². The van der Waals surface area contributed by atoms with E-state index in [9.17, 15) is 5.11 Å². The fourth-order valence-electron chi connectivity index (χ4n) is 0.977. The van der Waals surface area contributed by atoms with Crippen LogP contribution in [-0.4, -0.2) is 10.1 Å². The maximum atomic E-state index is 9.29. The summed E-state index contributed by atoms with van der Waals surface area (Å²) in [6.07, 6.45) is 1.62. The summed E-state index contributed by atoms with van der Waals surface area (Å²) in [5.41, 5.74) is 0.966. The van der Waals surface area contributed by atoms with Crippen molar-refractivity contribution in [2.24, 2.45) is 0 Å². The van der Waals surface area contributed by atoms with Gasteiger partial charge in [0.15, 0.2) is 0 Å². The van der Waals surface area contributed by atoms with Gasteiger partial charge in [0.1, 0.15) is 17.5 Å². The summed E-state index contributed by atoms with van der Waals surface area (Å²) < 4.78 is 0. The van der Waals surface area contributed by atoms with Gasteiger partial charge in [-0.25, -0.2) is 4.98 Å². The van der Waals surface area contributed by atoms with E-state index in [1.165, 1.54) is 12.1 Å². The SMILES string of the molecule is CCCc1nc(C#N)ccc1O. The van der Waals surface area contributed by atoms with Crippen molar-refractivity contribution in [3.8, 4) is 11.8 Å². The largest absolute Gasteiger partial charge is 0.506 e. The van der Waals surface area contributed by atoms with Crippen LogP contribution in [0.2, 0.25) is 0 Å². The number of hydrogen-bond acceptors (Lipinski definition) is 3. The minimum Gasteiger partial charge on any atom is -0.506 e. The highest BCUT2D eigenvalue weighted by atomic mass is 16.3. The summed E-state index contributed by atoms with van der Waals surface area (Å²) in [6.45, 7) is 2.00. The second kappa shape index (κ2) is 3.72. The fraction of sp³-hybridized carbons (Fsp3) is 0.333. The summed E-state index contributed by atoms with van der Waals surface area (Å²) >= 11 is 0. The molecular weight excluding hydrogens is 152 g/mol. The zero-order chi connectivity index (χ0) is 8.97. The molecule has 0 spiro atoms. The van der Waals surface area contributed by atoms with Crippen molar-refractivity contribution in [1.29, 1.82) is 5.26 Å². The van der Waals surface area contributed by atoms with Gasteiger partial charge >= 0.3 is 0 Å². The van der Waals surface area contributed by atoms with Gasteiger partial charge in [0.2, 0.25) is 0 Å². The first-order valence-electron chi connectivity index (χ1n) is 3.87. The molecule has 3 nitrogen and oxygen atoms in total. The van der Waals surface area contributed by atoms with Crippen LogP contribution < -0.4 is 0 Å². The molecule has 1 N–H and O–H groups in total. The van der Waals surface area contributed by atoms with Crippen LogP contribution in [0.5, 0.6) is 5.75 Å². The summed E-state index contributed by atoms with van der Waals surface area (Å²) in [5, 5.41) is 17.8. The average molecular weight is 162 g/mol. The number of nitrogens with zero attached hydrogens (tertiary/aromatic N) is 2. The first kappa shape index (κ1) is 8.54. The van der Waals surface area contributed by atoms with Crippen LogP contribution in [-0.2, 0) is 6.42 Å². The predicted molar refractivity (Wildman–Crippen MR) is 44.6 cm³/mol. The first-order chi connectivity index (χ1) is 5.77. The Kier molecular flexibility index (Phi) is 2.65. The Bertz CT molecular complexity index is 315. The molecule has 1 rings (SSSR count). The summed E-state index contributed by atoms with van der Waals surface area (Å²) in [4.78, 5) is 3.97. The van der Waals surface area contributed by atoms with E-state index in [1.807, 2.05) is 13.0 Å². The van der Waals surface area contributed by atoms with E-state index in [4.69, 9.17) is 5.26 Å². The van der Waals surface area contributed by atoms with Gasteiger partial charge in [0.05, 0.1) is 5.69 Å². The number of aryl methyl sites for hydroxylation is 1. The lowest BCUT2D eigenvalue weighted by molar-refractivity contribution is 0.463. The molecule has 0 bridgehead atoms. The predicted octanol–water partition coefficient (Wildman–Crippen LogP) is 1.61. The quantitative estimate of drug-likeness (QED) is 0.718. The molecule has 0 unspecified atom stereocenters. The molecule has 0 aliphatic rings. The lowest BCUT2D eigenvalue weighted by atomic mass is 10.2. The van der Waals surface area contributed by atoms with E-state index < -0.39 is 0 Å². The molecule has 62 valence electrons. The van der Waals surface area contributed by atoms with Gasteiger partial charge in [0, 0.05) is 0 Å². The van der Waals surface area contributed by atoms with E-state index in [0.29, 0.717) is 17.8 Å². The minimum absolute atomic E-state index is 0.177. The second-order valence-corrected chi connectivity index (χ2v) is 2.52. The van der Waals surface area contributed by atoms with E-state index >= 15 is 0 Å². The van der Waals surface area contributed by atoms with Gasteiger partial charge in [-0.1, -0.05) is 13.3 Å². The molecule has 0 radical (unpaired) electrons. The van der Waals surface area contributed by atoms with Crippen LogP contribution in [0.4, 0.5) is 0 Å². The number of nitriles is 1. The van der Waals surface area contributed by atoms with Crippen molar-refractivity contribution in [1.82, 2.24) is 4.98 Å². The van der Waals surface area contributed by atoms with E-state index in [1.54, 1.807) is 0 Å². The van der Waals surface area contributed by atoms with Crippen LogP contribution in [0.1, 0.15) is 24.7 Å². The molecule has 0 amide bonds. The monoisotopic (exact) mass is 162 g/mol. The molecule has 3 heteroatoms. The Morgan fingerprint density at radius 1 is 1.58 bits per heavy atom. The summed E-state index contributed by atoms with van der Waals surface area (Å²) in [7, 11) is 0. The van der Waals surface area contributed by atoms with Crippen LogP contribution in [0.25, 0.3) is 0 Å². The standard InChI is InChI=1S/C9H10N2O/c1-2-3-8-9(12)5-4-7(6-10)11-8/h4-5,12H,2-3H2,1H3. The number of pyridine rings is 1. The lowest BCUT2D eigenvalue weighted by Crippen LogP contribution is -1.92. The van der Waals surface area contributed by atoms with Gasteiger partial charge in [-0.05, 0) is 18.6 Å². The Morgan fingerprint density at radius 3 is 2.92 bits per heavy atom. The van der Waals surface area contributed by atoms with Crippen molar-refractivity contribution < 1.29 is 5.11 Å². The smallest absolute Gasteiger partial charge is 0.141 e. The number of hydrogen-bond donors (Lipinski definition) is 1.